The molecule has 162 valence electrons. The summed E-state index contributed by atoms with van der Waals surface area (Å²) in [6.45, 7) is 0. The van der Waals surface area contributed by atoms with Crippen molar-refractivity contribution in [1.82, 2.24) is 0 Å². The van der Waals surface area contributed by atoms with Crippen LogP contribution < -0.4 is 9.80 Å². The minimum atomic E-state index is -0.959. The van der Waals surface area contributed by atoms with Crippen LogP contribution in [0.3, 0.4) is 0 Å². The first-order valence-corrected chi connectivity index (χ1v) is 11.9. The van der Waals surface area contributed by atoms with Gasteiger partial charge in [0.25, 0.3) is 0 Å². The summed E-state index contributed by atoms with van der Waals surface area (Å²) in [4.78, 5) is 27.6. The Morgan fingerprint density at radius 2 is 1.07 bits per heavy atom. The molecule has 30 heavy (non-hydrogen) atoms. The number of rotatable bonds is 11. The topological polar surface area (TPSA) is 81.1 Å². The van der Waals surface area contributed by atoms with Gasteiger partial charge in [-0.05, 0) is 24.3 Å². The van der Waals surface area contributed by atoms with E-state index < -0.39 is 12.2 Å². The zero-order chi connectivity index (χ0) is 21.9. The number of para-hydroxylation sites is 2. The fourth-order valence-electron chi connectivity index (χ4n) is 2.54. The number of thioether (sulfide) groups is 2. The molecule has 0 spiro atoms. The number of carbonyl (C=O) groups excluding carboxylic acids is 2. The van der Waals surface area contributed by atoms with Crippen LogP contribution in [0.5, 0.6) is 0 Å². The molecule has 0 radical (unpaired) electrons. The van der Waals surface area contributed by atoms with Crippen LogP contribution in [0.4, 0.5) is 11.4 Å². The lowest BCUT2D eigenvalue weighted by Gasteiger charge is -2.20. The molecule has 0 bridgehead atoms. The number of aliphatic hydroxyl groups is 2. The van der Waals surface area contributed by atoms with Gasteiger partial charge in [0.15, 0.2) is 0 Å². The maximum Gasteiger partial charge on any atom is 0.236 e. The van der Waals surface area contributed by atoms with E-state index in [-0.39, 0.29) is 34.8 Å². The molecular weight excluding hydrogens is 420 g/mol. The molecule has 2 aromatic carbocycles. The predicted octanol–water partition coefficient (Wildman–Crippen LogP) is 2.50. The summed E-state index contributed by atoms with van der Waals surface area (Å²) >= 11 is 2.55. The highest BCUT2D eigenvalue weighted by Crippen LogP contribution is 2.16. The van der Waals surface area contributed by atoms with E-state index in [0.717, 1.165) is 11.4 Å². The molecule has 2 N–H and O–H groups in total. The molecule has 2 aromatic rings. The molecule has 0 saturated heterocycles. The van der Waals surface area contributed by atoms with Gasteiger partial charge in [0.1, 0.15) is 0 Å². The summed E-state index contributed by atoms with van der Waals surface area (Å²) in [7, 11) is 3.42. The van der Waals surface area contributed by atoms with Gasteiger partial charge < -0.3 is 20.0 Å². The van der Waals surface area contributed by atoms with Gasteiger partial charge in [0.05, 0.1) is 23.7 Å². The SMILES string of the molecule is CN(C(=O)CSC[C@H](O)[C@@H](O)CSCC(=O)N(C)c1ccccc1)c1ccccc1. The average molecular weight is 449 g/mol. The lowest BCUT2D eigenvalue weighted by Crippen LogP contribution is -2.33. The molecule has 2 amide bonds. The van der Waals surface area contributed by atoms with Crippen LogP contribution in [0.2, 0.25) is 0 Å². The first-order chi connectivity index (χ1) is 14.4. The van der Waals surface area contributed by atoms with Gasteiger partial charge in [-0.2, -0.15) is 0 Å². The normalized spacial score (nSPS) is 12.8. The van der Waals surface area contributed by atoms with Crippen molar-refractivity contribution in [3.63, 3.8) is 0 Å². The largest absolute Gasteiger partial charge is 0.390 e. The third-order valence-electron chi connectivity index (χ3n) is 4.51. The van der Waals surface area contributed by atoms with Crippen molar-refractivity contribution in [1.29, 1.82) is 0 Å². The first kappa shape index (κ1) is 24.3. The minimum Gasteiger partial charge on any atom is -0.390 e. The molecule has 0 heterocycles. The van der Waals surface area contributed by atoms with Crippen molar-refractivity contribution in [3.05, 3.63) is 60.7 Å². The predicted molar refractivity (Wildman–Crippen MR) is 126 cm³/mol. The molecule has 2 rings (SSSR count). The molecule has 0 aliphatic carbocycles. The fraction of sp³-hybridized carbons (Fsp3) is 0.364. The van der Waals surface area contributed by atoms with Crippen molar-refractivity contribution in [2.75, 3.05) is 46.9 Å². The summed E-state index contributed by atoms with van der Waals surface area (Å²) < 4.78 is 0. The fourth-order valence-corrected chi connectivity index (χ4v) is 4.44. The van der Waals surface area contributed by atoms with Gasteiger partial charge in [-0.15, -0.1) is 23.5 Å². The number of anilines is 2. The number of carbonyl (C=O) groups is 2. The van der Waals surface area contributed by atoms with E-state index in [2.05, 4.69) is 0 Å². The van der Waals surface area contributed by atoms with Crippen LogP contribution in [-0.4, -0.2) is 71.3 Å². The third kappa shape index (κ3) is 7.68. The molecule has 0 aromatic heterocycles. The Morgan fingerprint density at radius 1 is 0.733 bits per heavy atom. The van der Waals surface area contributed by atoms with E-state index >= 15 is 0 Å². The number of aliphatic hydroxyl groups excluding tert-OH is 2. The van der Waals surface area contributed by atoms with Crippen molar-refractivity contribution >= 4 is 46.7 Å². The lowest BCUT2D eigenvalue weighted by molar-refractivity contribution is -0.116. The zero-order valence-corrected chi connectivity index (χ0v) is 18.8. The van der Waals surface area contributed by atoms with E-state index in [1.165, 1.54) is 23.5 Å². The number of hydrogen-bond donors (Lipinski definition) is 2. The van der Waals surface area contributed by atoms with Crippen molar-refractivity contribution in [2.45, 2.75) is 12.2 Å². The maximum atomic E-state index is 12.2. The Bertz CT molecular complexity index is 725. The third-order valence-corrected chi connectivity index (χ3v) is 6.56. The van der Waals surface area contributed by atoms with E-state index in [9.17, 15) is 19.8 Å². The van der Waals surface area contributed by atoms with E-state index in [1.54, 1.807) is 23.9 Å². The smallest absolute Gasteiger partial charge is 0.236 e. The van der Waals surface area contributed by atoms with E-state index in [1.807, 2.05) is 60.7 Å². The van der Waals surface area contributed by atoms with Crippen molar-refractivity contribution < 1.29 is 19.8 Å². The Morgan fingerprint density at radius 3 is 1.40 bits per heavy atom. The van der Waals surface area contributed by atoms with Crippen LogP contribution in [0.25, 0.3) is 0 Å². The molecule has 6 nitrogen and oxygen atoms in total. The molecule has 0 saturated carbocycles. The molecule has 0 aliphatic heterocycles. The second kappa shape index (κ2) is 12.6. The maximum absolute atomic E-state index is 12.2. The molecule has 0 unspecified atom stereocenters. The Balaban J connectivity index is 1.65. The van der Waals surface area contributed by atoms with Crippen LogP contribution in [0.15, 0.2) is 60.7 Å². The van der Waals surface area contributed by atoms with Gasteiger partial charge in [0, 0.05) is 37.0 Å². The van der Waals surface area contributed by atoms with Crippen molar-refractivity contribution in [3.8, 4) is 0 Å². The Kier molecular flexibility index (Phi) is 10.2. The van der Waals surface area contributed by atoms with E-state index in [4.69, 9.17) is 0 Å². The summed E-state index contributed by atoms with van der Waals surface area (Å²) in [5.41, 5.74) is 1.62. The highest BCUT2D eigenvalue weighted by molar-refractivity contribution is 8.00. The number of amides is 2. The molecular formula is C22H28N2O4S2. The van der Waals surface area contributed by atoms with E-state index in [0.29, 0.717) is 0 Å². The quantitative estimate of drug-likeness (QED) is 0.550. The highest BCUT2D eigenvalue weighted by Gasteiger charge is 2.19. The zero-order valence-electron chi connectivity index (χ0n) is 17.2. The van der Waals surface area contributed by atoms with Crippen molar-refractivity contribution in [2.24, 2.45) is 0 Å². The monoisotopic (exact) mass is 448 g/mol. The van der Waals surface area contributed by atoms with Crippen LogP contribution in [-0.2, 0) is 9.59 Å². The van der Waals surface area contributed by atoms with Gasteiger partial charge in [0.2, 0.25) is 11.8 Å². The first-order valence-electron chi connectivity index (χ1n) is 9.55. The van der Waals surface area contributed by atoms with Crippen LogP contribution in [0.1, 0.15) is 0 Å². The number of nitrogens with zero attached hydrogens (tertiary/aromatic N) is 2. The molecule has 2 atom stereocenters. The number of hydrogen-bond acceptors (Lipinski definition) is 6. The minimum absolute atomic E-state index is 0.0724. The highest BCUT2D eigenvalue weighted by atomic mass is 32.2. The van der Waals surface area contributed by atoms with Gasteiger partial charge in [-0.25, -0.2) is 0 Å². The second-order valence-electron chi connectivity index (χ2n) is 6.74. The van der Waals surface area contributed by atoms with Gasteiger partial charge >= 0.3 is 0 Å². The van der Waals surface area contributed by atoms with Gasteiger partial charge in [-0.3, -0.25) is 9.59 Å². The number of benzene rings is 2. The lowest BCUT2D eigenvalue weighted by atomic mass is 10.3. The molecule has 0 aliphatic rings. The average Bonchev–Trinajstić information content (AvgIpc) is 2.78. The van der Waals surface area contributed by atoms with Crippen LogP contribution in [0, 0.1) is 0 Å². The van der Waals surface area contributed by atoms with Gasteiger partial charge in [-0.1, -0.05) is 36.4 Å². The Labute approximate surface area is 186 Å². The summed E-state index contributed by atoms with van der Waals surface area (Å²) in [6, 6.07) is 18.7. The summed E-state index contributed by atoms with van der Waals surface area (Å²) in [5, 5.41) is 20.3. The standard InChI is InChI=1S/C22H28N2O4S2/c1-23(17-9-5-3-6-10-17)21(27)15-29-13-19(25)20(26)14-30-16-22(28)24(2)18-11-7-4-8-12-18/h3-12,19-20,25-26H,13-16H2,1-2H3/t19-,20-/m0/s1. The summed E-state index contributed by atoms with van der Waals surface area (Å²) in [6.07, 6.45) is -1.92. The second-order valence-corrected chi connectivity index (χ2v) is 8.80. The summed E-state index contributed by atoms with van der Waals surface area (Å²) in [5.74, 6) is 0.765. The molecule has 8 heteroatoms. The van der Waals surface area contributed by atoms with Crippen LogP contribution >= 0.6 is 23.5 Å². The molecule has 0 fully saturated rings. The Hall–Kier alpha value is -2.00.